The predicted octanol–water partition coefficient (Wildman–Crippen LogP) is 4.21. The first-order chi connectivity index (χ1) is 10.9. The van der Waals surface area contributed by atoms with Crippen molar-refractivity contribution in [2.24, 2.45) is 11.3 Å². The van der Waals surface area contributed by atoms with Crippen LogP contribution in [0.5, 0.6) is 0 Å². The van der Waals surface area contributed by atoms with Crippen molar-refractivity contribution >= 4 is 5.97 Å². The maximum Gasteiger partial charge on any atom is 0.311 e. The molecule has 0 bridgehead atoms. The highest BCUT2D eigenvalue weighted by molar-refractivity contribution is 5.75. The molecule has 1 heterocycles. The van der Waals surface area contributed by atoms with E-state index in [1.54, 1.807) is 0 Å². The molecule has 0 amide bonds. The zero-order valence-corrected chi connectivity index (χ0v) is 14.9. The summed E-state index contributed by atoms with van der Waals surface area (Å²) in [5.41, 5.74) is -0.379. The first-order valence-electron chi connectivity index (χ1n) is 9.47. The van der Waals surface area contributed by atoms with Crippen molar-refractivity contribution in [3.8, 4) is 0 Å². The van der Waals surface area contributed by atoms with Crippen LogP contribution in [-0.4, -0.2) is 30.6 Å². The molecule has 0 radical (unpaired) electrons. The van der Waals surface area contributed by atoms with Crippen LogP contribution in [0, 0.1) is 11.3 Å². The third-order valence-electron chi connectivity index (χ3n) is 6.07. The molecule has 3 rings (SSSR count). The van der Waals surface area contributed by atoms with Gasteiger partial charge in [0.25, 0.3) is 0 Å². The van der Waals surface area contributed by atoms with Gasteiger partial charge in [0.15, 0.2) is 5.79 Å². The predicted molar refractivity (Wildman–Crippen MR) is 87.9 cm³/mol. The molecular weight excluding hydrogens is 292 g/mol. The maximum absolute atomic E-state index is 12.1. The van der Waals surface area contributed by atoms with E-state index in [4.69, 9.17) is 14.2 Å². The highest BCUT2D eigenvalue weighted by Gasteiger charge is 2.49. The highest BCUT2D eigenvalue weighted by Crippen LogP contribution is 2.45. The van der Waals surface area contributed by atoms with Gasteiger partial charge >= 0.3 is 5.97 Å². The Morgan fingerprint density at radius 3 is 2.52 bits per heavy atom. The van der Waals surface area contributed by atoms with E-state index in [0.717, 1.165) is 38.5 Å². The maximum atomic E-state index is 12.1. The molecule has 1 spiro atoms. The zero-order valence-electron chi connectivity index (χ0n) is 14.9. The molecule has 3 aliphatic rings. The quantitative estimate of drug-likeness (QED) is 0.727. The van der Waals surface area contributed by atoms with Gasteiger partial charge in [0.2, 0.25) is 0 Å². The van der Waals surface area contributed by atoms with E-state index in [1.165, 1.54) is 19.3 Å². The van der Waals surface area contributed by atoms with Crippen molar-refractivity contribution in [2.45, 2.75) is 96.6 Å². The minimum Gasteiger partial charge on any atom is -0.465 e. The van der Waals surface area contributed by atoms with Gasteiger partial charge in [-0.05, 0) is 58.3 Å². The van der Waals surface area contributed by atoms with Gasteiger partial charge < -0.3 is 14.2 Å². The van der Waals surface area contributed by atoms with Crippen molar-refractivity contribution in [2.75, 3.05) is 6.61 Å². The number of ether oxygens (including phenoxy) is 3. The molecule has 4 nitrogen and oxygen atoms in total. The van der Waals surface area contributed by atoms with Crippen molar-refractivity contribution in [3.63, 3.8) is 0 Å². The molecule has 0 aromatic heterocycles. The van der Waals surface area contributed by atoms with Crippen LogP contribution in [0.25, 0.3) is 0 Å². The Labute approximate surface area is 140 Å². The second-order valence-corrected chi connectivity index (χ2v) is 8.30. The fraction of sp³-hybridized carbons (Fsp3) is 0.947. The molecule has 132 valence electrons. The topological polar surface area (TPSA) is 44.8 Å². The summed E-state index contributed by atoms with van der Waals surface area (Å²) in [7, 11) is 0. The van der Waals surface area contributed by atoms with Gasteiger partial charge in [-0.1, -0.05) is 13.3 Å². The third kappa shape index (κ3) is 3.74. The summed E-state index contributed by atoms with van der Waals surface area (Å²) >= 11 is 0. The van der Waals surface area contributed by atoms with Crippen molar-refractivity contribution in [1.82, 2.24) is 0 Å². The van der Waals surface area contributed by atoms with Crippen LogP contribution in [0.15, 0.2) is 0 Å². The van der Waals surface area contributed by atoms with Crippen LogP contribution in [0.1, 0.15) is 78.6 Å². The van der Waals surface area contributed by atoms with Gasteiger partial charge in [-0.3, -0.25) is 4.79 Å². The Kier molecular flexibility index (Phi) is 5.03. The number of carbonyl (C=O) groups is 1. The van der Waals surface area contributed by atoms with Gasteiger partial charge in [0.1, 0.15) is 0 Å². The first kappa shape index (κ1) is 17.2. The number of fused-ring (bicyclic) bond motifs is 1. The summed E-state index contributed by atoms with van der Waals surface area (Å²) in [5.74, 6) is 0.0493. The molecule has 4 heteroatoms. The van der Waals surface area contributed by atoms with E-state index >= 15 is 0 Å². The number of hydrogen-bond acceptors (Lipinski definition) is 4. The average Bonchev–Trinajstić information content (AvgIpc) is 2.89. The fourth-order valence-electron chi connectivity index (χ4n) is 4.03. The smallest absolute Gasteiger partial charge is 0.311 e. The summed E-state index contributed by atoms with van der Waals surface area (Å²) in [6, 6.07) is 0. The van der Waals surface area contributed by atoms with Gasteiger partial charge in [-0.25, -0.2) is 0 Å². The number of rotatable bonds is 4. The second kappa shape index (κ2) is 6.72. The lowest BCUT2D eigenvalue weighted by Crippen LogP contribution is -2.35. The summed E-state index contributed by atoms with van der Waals surface area (Å²) in [6.45, 7) is 6.46. The SMILES string of the molecule is CCC(C)(C)C(=O)OCC1CCC2OC3(CCCCC3)OC2C1. The highest BCUT2D eigenvalue weighted by atomic mass is 16.8. The van der Waals surface area contributed by atoms with E-state index in [2.05, 4.69) is 0 Å². The molecule has 2 saturated carbocycles. The molecule has 3 unspecified atom stereocenters. The Bertz CT molecular complexity index is 425. The largest absolute Gasteiger partial charge is 0.465 e. The number of esters is 1. The second-order valence-electron chi connectivity index (χ2n) is 8.30. The van der Waals surface area contributed by atoms with E-state index in [-0.39, 0.29) is 29.4 Å². The van der Waals surface area contributed by atoms with E-state index < -0.39 is 0 Å². The standard InChI is InChI=1S/C19H32O4/c1-4-18(2,3)17(20)21-13-14-8-9-15-16(12-14)23-19(22-15)10-6-5-7-11-19/h14-16H,4-13H2,1-3H3. The molecule has 0 aromatic rings. The Morgan fingerprint density at radius 2 is 1.83 bits per heavy atom. The van der Waals surface area contributed by atoms with Crippen LogP contribution in [0.4, 0.5) is 0 Å². The number of hydrogen-bond donors (Lipinski definition) is 0. The molecule has 1 aliphatic heterocycles. The Hall–Kier alpha value is -0.610. The molecule has 3 atom stereocenters. The van der Waals surface area contributed by atoms with Crippen LogP contribution < -0.4 is 0 Å². The van der Waals surface area contributed by atoms with Crippen molar-refractivity contribution < 1.29 is 19.0 Å². The Balaban J connectivity index is 1.49. The summed E-state index contributed by atoms with van der Waals surface area (Å²) < 4.78 is 18.3. The lowest BCUT2D eigenvalue weighted by atomic mass is 9.85. The van der Waals surface area contributed by atoms with E-state index in [0.29, 0.717) is 12.5 Å². The Morgan fingerprint density at radius 1 is 1.13 bits per heavy atom. The van der Waals surface area contributed by atoms with E-state index in [1.807, 2.05) is 20.8 Å². The lowest BCUT2D eigenvalue weighted by Gasteiger charge is -2.32. The van der Waals surface area contributed by atoms with Crippen LogP contribution in [-0.2, 0) is 19.0 Å². The summed E-state index contributed by atoms with van der Waals surface area (Å²) in [5, 5.41) is 0. The van der Waals surface area contributed by atoms with Gasteiger partial charge in [0.05, 0.1) is 24.2 Å². The molecule has 23 heavy (non-hydrogen) atoms. The molecule has 3 fully saturated rings. The third-order valence-corrected chi connectivity index (χ3v) is 6.07. The van der Waals surface area contributed by atoms with Gasteiger partial charge in [-0.2, -0.15) is 0 Å². The molecule has 1 saturated heterocycles. The van der Waals surface area contributed by atoms with Crippen molar-refractivity contribution in [3.05, 3.63) is 0 Å². The monoisotopic (exact) mass is 324 g/mol. The number of carbonyl (C=O) groups excluding carboxylic acids is 1. The molecular formula is C19H32O4. The molecule has 2 aliphatic carbocycles. The van der Waals surface area contributed by atoms with Gasteiger partial charge in [-0.15, -0.1) is 0 Å². The van der Waals surface area contributed by atoms with Crippen LogP contribution in [0.3, 0.4) is 0 Å². The normalized spacial score (nSPS) is 33.4. The average molecular weight is 324 g/mol. The summed E-state index contributed by atoms with van der Waals surface area (Å²) in [4.78, 5) is 12.1. The van der Waals surface area contributed by atoms with Crippen LogP contribution >= 0.6 is 0 Å². The van der Waals surface area contributed by atoms with Gasteiger partial charge in [0, 0.05) is 12.8 Å². The van der Waals surface area contributed by atoms with Crippen molar-refractivity contribution in [1.29, 1.82) is 0 Å². The van der Waals surface area contributed by atoms with E-state index in [9.17, 15) is 4.79 Å². The summed E-state index contributed by atoms with van der Waals surface area (Å²) in [6.07, 6.45) is 10.2. The zero-order chi connectivity index (χ0) is 16.5. The molecule has 0 N–H and O–H groups in total. The first-order valence-corrected chi connectivity index (χ1v) is 9.47. The lowest BCUT2D eigenvalue weighted by molar-refractivity contribution is -0.193. The fourth-order valence-corrected chi connectivity index (χ4v) is 4.03. The molecule has 0 aromatic carbocycles. The minimum atomic E-state index is -0.379. The minimum absolute atomic E-state index is 0.0746. The van der Waals surface area contributed by atoms with Crippen LogP contribution in [0.2, 0.25) is 0 Å².